The Kier molecular flexibility index (Phi) is 5.93. The van der Waals surface area contributed by atoms with Gasteiger partial charge in [0.1, 0.15) is 0 Å². The standard InChI is InChI=1S/C24H26N4O2/c1-18-9-11-21(12-10-18)26-24(30)20-8-5-13-27(17-20)22-14-23(29)28(25-15-22)16-19-6-3-2-4-7-19/h2-4,6-7,9-12,14-15,20H,5,8,13,16-17H2,1H3,(H,26,30). The first-order valence-electron chi connectivity index (χ1n) is 10.3. The van der Waals surface area contributed by atoms with E-state index in [9.17, 15) is 9.59 Å². The third-order valence-electron chi connectivity index (χ3n) is 5.51. The van der Waals surface area contributed by atoms with Gasteiger partial charge < -0.3 is 10.2 Å². The Morgan fingerprint density at radius 1 is 1.13 bits per heavy atom. The minimum absolute atomic E-state index is 0.0222. The lowest BCUT2D eigenvalue weighted by molar-refractivity contribution is -0.120. The van der Waals surface area contributed by atoms with E-state index in [0.29, 0.717) is 13.1 Å². The molecule has 0 aliphatic carbocycles. The van der Waals surface area contributed by atoms with Crippen LogP contribution in [0.2, 0.25) is 0 Å². The van der Waals surface area contributed by atoms with Crippen LogP contribution in [0.1, 0.15) is 24.0 Å². The Morgan fingerprint density at radius 2 is 1.90 bits per heavy atom. The zero-order valence-electron chi connectivity index (χ0n) is 17.1. The first kappa shape index (κ1) is 19.9. The summed E-state index contributed by atoms with van der Waals surface area (Å²) in [6.45, 7) is 3.87. The van der Waals surface area contributed by atoms with E-state index in [1.807, 2.05) is 61.5 Å². The summed E-state index contributed by atoms with van der Waals surface area (Å²) in [5, 5.41) is 7.37. The lowest BCUT2D eigenvalue weighted by atomic mass is 9.96. The molecule has 1 fully saturated rings. The molecule has 2 heterocycles. The molecule has 1 amide bonds. The molecular formula is C24H26N4O2. The van der Waals surface area contributed by atoms with Crippen molar-refractivity contribution in [2.24, 2.45) is 5.92 Å². The molecule has 1 saturated heterocycles. The van der Waals surface area contributed by atoms with Gasteiger partial charge in [-0.1, -0.05) is 48.0 Å². The van der Waals surface area contributed by atoms with Gasteiger partial charge >= 0.3 is 0 Å². The summed E-state index contributed by atoms with van der Waals surface area (Å²) in [4.78, 5) is 27.4. The highest BCUT2D eigenvalue weighted by Crippen LogP contribution is 2.23. The van der Waals surface area contributed by atoms with Crippen LogP contribution in [0.3, 0.4) is 0 Å². The highest BCUT2D eigenvalue weighted by Gasteiger charge is 2.26. The number of hydrogen-bond acceptors (Lipinski definition) is 4. The third-order valence-corrected chi connectivity index (χ3v) is 5.51. The number of rotatable bonds is 5. The molecule has 30 heavy (non-hydrogen) atoms. The Labute approximate surface area is 176 Å². The summed E-state index contributed by atoms with van der Waals surface area (Å²) in [6.07, 6.45) is 3.47. The second-order valence-corrected chi connectivity index (χ2v) is 7.84. The number of nitrogens with one attached hydrogen (secondary N) is 1. The topological polar surface area (TPSA) is 67.2 Å². The number of hydrogen-bond donors (Lipinski definition) is 1. The summed E-state index contributed by atoms with van der Waals surface area (Å²) in [6, 6.07) is 19.2. The molecule has 3 aromatic rings. The van der Waals surface area contributed by atoms with Crippen molar-refractivity contribution in [3.63, 3.8) is 0 Å². The molecule has 154 valence electrons. The van der Waals surface area contributed by atoms with E-state index in [-0.39, 0.29) is 17.4 Å². The Hall–Kier alpha value is -3.41. The molecule has 6 nitrogen and oxygen atoms in total. The number of anilines is 2. The monoisotopic (exact) mass is 402 g/mol. The molecule has 1 N–H and O–H groups in total. The lowest BCUT2D eigenvalue weighted by Gasteiger charge is -2.33. The minimum atomic E-state index is -0.136. The van der Waals surface area contributed by atoms with Gasteiger partial charge in [0.15, 0.2) is 0 Å². The van der Waals surface area contributed by atoms with Crippen molar-refractivity contribution >= 4 is 17.3 Å². The van der Waals surface area contributed by atoms with Crippen LogP contribution in [0.5, 0.6) is 0 Å². The quantitative estimate of drug-likeness (QED) is 0.710. The number of benzene rings is 2. The molecule has 0 spiro atoms. The van der Waals surface area contributed by atoms with Crippen LogP contribution in [0.15, 0.2) is 71.7 Å². The fraction of sp³-hybridized carbons (Fsp3) is 0.292. The van der Waals surface area contributed by atoms with E-state index in [4.69, 9.17) is 0 Å². The molecule has 4 rings (SSSR count). The molecule has 1 aliphatic rings. The molecule has 0 bridgehead atoms. The minimum Gasteiger partial charge on any atom is -0.369 e. The Bertz CT molecular complexity index is 1060. The lowest BCUT2D eigenvalue weighted by Crippen LogP contribution is -2.41. The van der Waals surface area contributed by atoms with Crippen LogP contribution in [0, 0.1) is 12.8 Å². The highest BCUT2D eigenvalue weighted by molar-refractivity contribution is 5.93. The summed E-state index contributed by atoms with van der Waals surface area (Å²) < 4.78 is 1.46. The van der Waals surface area contributed by atoms with Gasteiger partial charge in [-0.05, 0) is 37.5 Å². The van der Waals surface area contributed by atoms with Gasteiger partial charge in [0.25, 0.3) is 5.56 Å². The molecule has 0 radical (unpaired) electrons. The molecule has 1 unspecified atom stereocenters. The molecule has 1 aliphatic heterocycles. The van der Waals surface area contributed by atoms with E-state index in [1.165, 1.54) is 4.68 Å². The van der Waals surface area contributed by atoms with Crippen molar-refractivity contribution in [2.75, 3.05) is 23.3 Å². The van der Waals surface area contributed by atoms with Crippen LogP contribution >= 0.6 is 0 Å². The number of aryl methyl sites for hydroxylation is 1. The van der Waals surface area contributed by atoms with E-state index in [0.717, 1.165) is 41.9 Å². The largest absolute Gasteiger partial charge is 0.369 e. The van der Waals surface area contributed by atoms with Crippen LogP contribution in [-0.4, -0.2) is 28.8 Å². The molecule has 1 atom stereocenters. The predicted octanol–water partition coefficient (Wildman–Crippen LogP) is 3.46. The first-order chi connectivity index (χ1) is 14.6. The highest BCUT2D eigenvalue weighted by atomic mass is 16.2. The zero-order valence-corrected chi connectivity index (χ0v) is 17.1. The number of carbonyl (C=O) groups excluding carboxylic acids is 1. The van der Waals surface area contributed by atoms with Gasteiger partial charge in [0.05, 0.1) is 24.3 Å². The molecule has 1 aromatic heterocycles. The van der Waals surface area contributed by atoms with Crippen LogP contribution in [0.4, 0.5) is 11.4 Å². The number of nitrogens with zero attached hydrogens (tertiary/aromatic N) is 3. The number of aromatic nitrogens is 2. The van der Waals surface area contributed by atoms with Crippen molar-refractivity contribution in [1.29, 1.82) is 0 Å². The second-order valence-electron chi connectivity index (χ2n) is 7.84. The fourth-order valence-corrected chi connectivity index (χ4v) is 3.78. The van der Waals surface area contributed by atoms with Gasteiger partial charge in [0.2, 0.25) is 5.91 Å². The number of piperidine rings is 1. The summed E-state index contributed by atoms with van der Waals surface area (Å²) in [7, 11) is 0. The maximum absolute atomic E-state index is 12.7. The van der Waals surface area contributed by atoms with E-state index < -0.39 is 0 Å². The van der Waals surface area contributed by atoms with Crippen LogP contribution < -0.4 is 15.8 Å². The van der Waals surface area contributed by atoms with Gasteiger partial charge in [0, 0.05) is 24.8 Å². The smallest absolute Gasteiger partial charge is 0.269 e. The van der Waals surface area contributed by atoms with E-state index in [2.05, 4.69) is 15.3 Å². The first-order valence-corrected chi connectivity index (χ1v) is 10.3. The Balaban J connectivity index is 1.42. The fourth-order valence-electron chi connectivity index (χ4n) is 3.78. The van der Waals surface area contributed by atoms with Gasteiger partial charge in [-0.25, -0.2) is 4.68 Å². The summed E-state index contributed by atoms with van der Waals surface area (Å²) in [5.41, 5.74) is 3.64. The third kappa shape index (κ3) is 4.76. The van der Waals surface area contributed by atoms with Crippen molar-refractivity contribution < 1.29 is 4.79 Å². The maximum Gasteiger partial charge on any atom is 0.269 e. The van der Waals surface area contributed by atoms with Gasteiger partial charge in [-0.3, -0.25) is 9.59 Å². The van der Waals surface area contributed by atoms with E-state index in [1.54, 1.807) is 12.3 Å². The van der Waals surface area contributed by atoms with Crippen molar-refractivity contribution in [1.82, 2.24) is 9.78 Å². The van der Waals surface area contributed by atoms with Crippen LogP contribution in [0.25, 0.3) is 0 Å². The van der Waals surface area contributed by atoms with Crippen molar-refractivity contribution in [3.05, 3.63) is 88.3 Å². The van der Waals surface area contributed by atoms with Crippen molar-refractivity contribution in [3.8, 4) is 0 Å². The van der Waals surface area contributed by atoms with Crippen LogP contribution in [-0.2, 0) is 11.3 Å². The zero-order chi connectivity index (χ0) is 20.9. The maximum atomic E-state index is 12.7. The number of carbonyl (C=O) groups is 1. The van der Waals surface area contributed by atoms with Gasteiger partial charge in [-0.2, -0.15) is 5.10 Å². The molecular weight excluding hydrogens is 376 g/mol. The predicted molar refractivity (Wildman–Crippen MR) is 119 cm³/mol. The number of amides is 1. The summed E-state index contributed by atoms with van der Waals surface area (Å²) in [5.74, 6) is -0.0965. The van der Waals surface area contributed by atoms with E-state index >= 15 is 0 Å². The second kappa shape index (κ2) is 8.95. The average Bonchev–Trinajstić information content (AvgIpc) is 2.77. The normalized spacial score (nSPS) is 16.3. The molecule has 6 heteroatoms. The van der Waals surface area contributed by atoms with Crippen molar-refractivity contribution in [2.45, 2.75) is 26.3 Å². The molecule has 0 saturated carbocycles. The van der Waals surface area contributed by atoms with Gasteiger partial charge in [-0.15, -0.1) is 0 Å². The summed E-state index contributed by atoms with van der Waals surface area (Å²) >= 11 is 0. The SMILES string of the molecule is Cc1ccc(NC(=O)C2CCCN(c3cnn(Cc4ccccc4)c(=O)c3)C2)cc1. The Morgan fingerprint density at radius 3 is 2.63 bits per heavy atom. The average molecular weight is 402 g/mol. The molecule has 2 aromatic carbocycles.